The van der Waals surface area contributed by atoms with Crippen LogP contribution in [0, 0.1) is 0 Å². The van der Waals surface area contributed by atoms with E-state index in [4.69, 9.17) is 4.74 Å². The first kappa shape index (κ1) is 15.5. The minimum absolute atomic E-state index is 0.669. The Bertz CT molecular complexity index is 748. The molecule has 5 heteroatoms. The molecule has 0 unspecified atom stereocenters. The van der Waals surface area contributed by atoms with Crippen LogP contribution in [0.2, 0.25) is 0 Å². The van der Waals surface area contributed by atoms with Crippen LogP contribution in [0.4, 0.5) is 0 Å². The molecule has 4 nitrogen and oxygen atoms in total. The van der Waals surface area contributed by atoms with Crippen LogP contribution in [0.1, 0.15) is 12.5 Å². The third-order valence-corrected chi connectivity index (χ3v) is 4.21. The topological polar surface area (TPSA) is 47.9 Å². The van der Waals surface area contributed by atoms with Crippen molar-refractivity contribution in [1.29, 1.82) is 0 Å². The molecule has 0 saturated heterocycles. The van der Waals surface area contributed by atoms with Gasteiger partial charge < -0.3 is 4.74 Å². The summed E-state index contributed by atoms with van der Waals surface area (Å²) in [5.41, 5.74) is 3.15. The van der Waals surface area contributed by atoms with E-state index in [0.717, 1.165) is 27.8 Å². The highest BCUT2D eigenvalue weighted by Gasteiger charge is 2.04. The Morgan fingerprint density at radius 3 is 2.70 bits per heavy atom. The lowest BCUT2D eigenvalue weighted by Crippen LogP contribution is -1.92. The van der Waals surface area contributed by atoms with Crippen molar-refractivity contribution in [3.05, 3.63) is 66.7 Å². The fourth-order valence-electron chi connectivity index (χ4n) is 2.11. The first-order chi connectivity index (χ1) is 11.3. The fraction of sp³-hybridized carbons (Fsp3) is 0.167. The van der Waals surface area contributed by atoms with Crippen molar-refractivity contribution in [2.24, 2.45) is 0 Å². The smallest absolute Gasteiger partial charge is 0.119 e. The van der Waals surface area contributed by atoms with E-state index in [-0.39, 0.29) is 0 Å². The fourth-order valence-corrected chi connectivity index (χ4v) is 2.91. The molecule has 0 bridgehead atoms. The van der Waals surface area contributed by atoms with Gasteiger partial charge in [-0.2, -0.15) is 0 Å². The van der Waals surface area contributed by atoms with E-state index in [1.165, 1.54) is 5.56 Å². The van der Waals surface area contributed by atoms with Gasteiger partial charge in [0.15, 0.2) is 0 Å². The lowest BCUT2D eigenvalue weighted by atomic mass is 10.1. The molecule has 1 aromatic carbocycles. The highest BCUT2D eigenvalue weighted by Crippen LogP contribution is 2.25. The SMILES string of the molecule is CCOc1ccc(-c2cc(SCc3cccnc3)ncn2)cc1. The van der Waals surface area contributed by atoms with E-state index in [9.17, 15) is 0 Å². The number of hydrogen-bond donors (Lipinski definition) is 0. The normalized spacial score (nSPS) is 10.5. The van der Waals surface area contributed by atoms with Crippen LogP contribution in [0.25, 0.3) is 11.3 Å². The van der Waals surface area contributed by atoms with E-state index < -0.39 is 0 Å². The summed E-state index contributed by atoms with van der Waals surface area (Å²) in [4.78, 5) is 12.8. The molecule has 3 aromatic rings. The molecule has 0 aliphatic rings. The predicted octanol–water partition coefficient (Wildman–Crippen LogP) is 4.23. The van der Waals surface area contributed by atoms with E-state index in [2.05, 4.69) is 21.0 Å². The summed E-state index contributed by atoms with van der Waals surface area (Å²) in [6.45, 7) is 2.64. The largest absolute Gasteiger partial charge is 0.494 e. The highest BCUT2D eigenvalue weighted by atomic mass is 32.2. The average molecular weight is 323 g/mol. The number of thioether (sulfide) groups is 1. The molecule has 0 fully saturated rings. The minimum Gasteiger partial charge on any atom is -0.494 e. The average Bonchev–Trinajstić information content (AvgIpc) is 2.62. The van der Waals surface area contributed by atoms with Crippen LogP contribution in [0.5, 0.6) is 5.75 Å². The number of nitrogens with zero attached hydrogens (tertiary/aromatic N) is 3. The van der Waals surface area contributed by atoms with Crippen LogP contribution in [0.3, 0.4) is 0 Å². The van der Waals surface area contributed by atoms with Crippen LogP contribution in [0.15, 0.2) is 66.2 Å². The molecule has 0 N–H and O–H groups in total. The van der Waals surface area contributed by atoms with E-state index in [1.807, 2.05) is 49.5 Å². The van der Waals surface area contributed by atoms with Crippen LogP contribution in [-0.4, -0.2) is 21.6 Å². The third-order valence-electron chi connectivity index (χ3n) is 3.21. The van der Waals surface area contributed by atoms with Crippen LogP contribution in [-0.2, 0) is 5.75 Å². The molecule has 0 spiro atoms. The summed E-state index contributed by atoms with van der Waals surface area (Å²) in [6, 6.07) is 14.0. The summed E-state index contributed by atoms with van der Waals surface area (Å²) in [5.74, 6) is 1.71. The van der Waals surface area contributed by atoms with Crippen molar-refractivity contribution < 1.29 is 4.74 Å². The Kier molecular flexibility index (Phi) is 5.21. The van der Waals surface area contributed by atoms with Gasteiger partial charge in [-0.25, -0.2) is 9.97 Å². The molecule has 0 aliphatic heterocycles. The zero-order valence-electron chi connectivity index (χ0n) is 12.8. The van der Waals surface area contributed by atoms with Gasteiger partial charge in [-0.1, -0.05) is 6.07 Å². The Hall–Kier alpha value is -2.40. The van der Waals surface area contributed by atoms with E-state index in [1.54, 1.807) is 24.3 Å². The lowest BCUT2D eigenvalue weighted by Gasteiger charge is -2.06. The van der Waals surface area contributed by atoms with Crippen molar-refractivity contribution in [2.75, 3.05) is 6.61 Å². The number of benzene rings is 1. The lowest BCUT2D eigenvalue weighted by molar-refractivity contribution is 0.340. The van der Waals surface area contributed by atoms with E-state index >= 15 is 0 Å². The van der Waals surface area contributed by atoms with Crippen molar-refractivity contribution in [3.63, 3.8) is 0 Å². The number of rotatable bonds is 6. The maximum atomic E-state index is 5.47. The van der Waals surface area contributed by atoms with Crippen molar-refractivity contribution in [1.82, 2.24) is 15.0 Å². The standard InChI is InChI=1S/C18H17N3OS/c1-2-22-16-7-5-15(6-8-16)17-10-18(21-13-20-17)23-12-14-4-3-9-19-11-14/h3-11,13H,2,12H2,1H3. The minimum atomic E-state index is 0.669. The molecule has 0 amide bonds. The summed E-state index contributed by atoms with van der Waals surface area (Å²) < 4.78 is 5.47. The highest BCUT2D eigenvalue weighted by molar-refractivity contribution is 7.98. The second-order valence-electron chi connectivity index (χ2n) is 4.85. The number of hydrogen-bond acceptors (Lipinski definition) is 5. The maximum Gasteiger partial charge on any atom is 0.119 e. The van der Waals surface area contributed by atoms with E-state index in [0.29, 0.717) is 6.61 Å². The molecule has 0 saturated carbocycles. The molecule has 0 atom stereocenters. The van der Waals surface area contributed by atoms with Gasteiger partial charge in [0, 0.05) is 23.7 Å². The van der Waals surface area contributed by atoms with Gasteiger partial charge >= 0.3 is 0 Å². The molecule has 3 rings (SSSR count). The molecule has 2 heterocycles. The zero-order valence-corrected chi connectivity index (χ0v) is 13.7. The third kappa shape index (κ3) is 4.29. The molecular weight excluding hydrogens is 306 g/mol. The molecule has 0 radical (unpaired) electrons. The van der Waals surface area contributed by atoms with Gasteiger partial charge in [-0.3, -0.25) is 4.98 Å². The molecule has 2 aromatic heterocycles. The Morgan fingerprint density at radius 1 is 1.09 bits per heavy atom. The Labute approximate surface area is 140 Å². The summed E-state index contributed by atoms with van der Waals surface area (Å²) >= 11 is 1.68. The predicted molar refractivity (Wildman–Crippen MR) is 92.4 cm³/mol. The number of ether oxygens (including phenoxy) is 1. The first-order valence-electron chi connectivity index (χ1n) is 7.42. The van der Waals surface area contributed by atoms with Crippen LogP contribution >= 0.6 is 11.8 Å². The summed E-state index contributed by atoms with van der Waals surface area (Å²) in [5, 5.41) is 0.952. The van der Waals surface area contributed by atoms with Gasteiger partial charge in [0.2, 0.25) is 0 Å². The van der Waals surface area contributed by atoms with Gasteiger partial charge in [0.05, 0.1) is 12.3 Å². The zero-order chi connectivity index (χ0) is 15.9. The van der Waals surface area contributed by atoms with Gasteiger partial charge in [0.25, 0.3) is 0 Å². The molecule has 116 valence electrons. The Balaban J connectivity index is 1.71. The van der Waals surface area contributed by atoms with Crippen molar-refractivity contribution in [2.45, 2.75) is 17.7 Å². The second kappa shape index (κ2) is 7.74. The van der Waals surface area contributed by atoms with Gasteiger partial charge in [0.1, 0.15) is 17.1 Å². The quantitative estimate of drug-likeness (QED) is 0.502. The Morgan fingerprint density at radius 2 is 1.96 bits per heavy atom. The second-order valence-corrected chi connectivity index (χ2v) is 5.84. The monoisotopic (exact) mass is 323 g/mol. The maximum absolute atomic E-state index is 5.47. The molecule has 0 aliphatic carbocycles. The molecule has 23 heavy (non-hydrogen) atoms. The van der Waals surface area contributed by atoms with Crippen LogP contribution < -0.4 is 4.74 Å². The summed E-state index contributed by atoms with van der Waals surface area (Å²) in [6.07, 6.45) is 5.27. The van der Waals surface area contributed by atoms with Crippen molar-refractivity contribution in [3.8, 4) is 17.0 Å². The number of pyridine rings is 1. The molecular formula is C18H17N3OS. The van der Waals surface area contributed by atoms with Crippen molar-refractivity contribution >= 4 is 11.8 Å². The summed E-state index contributed by atoms with van der Waals surface area (Å²) in [7, 11) is 0. The number of aromatic nitrogens is 3. The first-order valence-corrected chi connectivity index (χ1v) is 8.40. The van der Waals surface area contributed by atoms with Gasteiger partial charge in [-0.05, 0) is 48.9 Å². The van der Waals surface area contributed by atoms with Gasteiger partial charge in [-0.15, -0.1) is 11.8 Å².